The summed E-state index contributed by atoms with van der Waals surface area (Å²) >= 11 is 0. The highest BCUT2D eigenvalue weighted by Crippen LogP contribution is 2.18. The predicted octanol–water partition coefficient (Wildman–Crippen LogP) is 2.82. The van der Waals surface area contributed by atoms with Crippen LogP contribution in [0.3, 0.4) is 0 Å². The van der Waals surface area contributed by atoms with Gasteiger partial charge in [0.2, 0.25) is 0 Å². The summed E-state index contributed by atoms with van der Waals surface area (Å²) < 4.78 is 10.6. The molecule has 1 N–H and O–H groups in total. The van der Waals surface area contributed by atoms with Gasteiger partial charge in [0.05, 0.1) is 12.0 Å². The fraction of sp³-hybridized carbons (Fsp3) is 0.619. The van der Waals surface area contributed by atoms with E-state index in [1.165, 1.54) is 25.7 Å². The van der Waals surface area contributed by atoms with E-state index in [1.54, 1.807) is 6.26 Å². The molecule has 0 atom stereocenters. The second-order valence-corrected chi connectivity index (χ2v) is 7.85. The van der Waals surface area contributed by atoms with E-state index in [0.717, 1.165) is 68.9 Å². The fourth-order valence-electron chi connectivity index (χ4n) is 4.06. The number of nitrogens with one attached hydrogen (secondary N) is 1. The summed E-state index contributed by atoms with van der Waals surface area (Å²) in [6.45, 7) is 7.53. The maximum Gasteiger partial charge on any atom is 0.194 e. The molecule has 0 unspecified atom stereocenters. The van der Waals surface area contributed by atoms with E-state index < -0.39 is 0 Å². The lowest BCUT2D eigenvalue weighted by Gasteiger charge is -2.37. The lowest BCUT2D eigenvalue weighted by molar-refractivity contribution is 0.168. The molecule has 0 spiro atoms. The maximum absolute atomic E-state index is 5.44. The molecule has 0 amide bonds. The van der Waals surface area contributed by atoms with Crippen LogP contribution in [0.2, 0.25) is 0 Å². The van der Waals surface area contributed by atoms with E-state index in [1.807, 2.05) is 25.1 Å². The zero-order valence-corrected chi connectivity index (χ0v) is 16.8. The average Bonchev–Trinajstić information content (AvgIpc) is 3.46. The van der Waals surface area contributed by atoms with E-state index in [0.29, 0.717) is 6.04 Å². The summed E-state index contributed by atoms with van der Waals surface area (Å²) in [7, 11) is 0. The van der Waals surface area contributed by atoms with Gasteiger partial charge in [-0.1, -0.05) is 18.0 Å². The highest BCUT2D eigenvalue weighted by Gasteiger charge is 2.23. The topological polar surface area (TPSA) is 70.0 Å². The van der Waals surface area contributed by atoms with Crippen molar-refractivity contribution < 1.29 is 8.94 Å². The fourth-order valence-corrected chi connectivity index (χ4v) is 4.06. The number of furan rings is 1. The first-order valence-corrected chi connectivity index (χ1v) is 10.5. The van der Waals surface area contributed by atoms with Crippen molar-refractivity contribution in [3.8, 4) is 0 Å². The van der Waals surface area contributed by atoms with Crippen LogP contribution in [0.25, 0.3) is 0 Å². The first-order chi connectivity index (χ1) is 13.8. The van der Waals surface area contributed by atoms with Gasteiger partial charge in [-0.05, 0) is 31.9 Å². The zero-order valence-electron chi connectivity index (χ0n) is 16.8. The molecule has 7 heteroatoms. The molecular weight excluding hydrogens is 354 g/mol. The molecule has 0 radical (unpaired) electrons. The number of aliphatic imine (C=N–C) groups is 1. The Bertz CT molecular complexity index is 741. The van der Waals surface area contributed by atoms with Gasteiger partial charge >= 0.3 is 0 Å². The van der Waals surface area contributed by atoms with E-state index in [4.69, 9.17) is 13.9 Å². The molecule has 1 saturated heterocycles. The minimum Gasteiger partial charge on any atom is -0.469 e. The second-order valence-electron chi connectivity index (χ2n) is 7.85. The number of hydrogen-bond donors (Lipinski definition) is 1. The van der Waals surface area contributed by atoms with Gasteiger partial charge in [0.25, 0.3) is 0 Å². The van der Waals surface area contributed by atoms with Crippen molar-refractivity contribution >= 4 is 5.96 Å². The first-order valence-electron chi connectivity index (χ1n) is 10.5. The van der Waals surface area contributed by atoms with Gasteiger partial charge in [-0.15, -0.1) is 0 Å². The van der Waals surface area contributed by atoms with Crippen molar-refractivity contribution in [3.05, 3.63) is 41.7 Å². The second kappa shape index (κ2) is 9.28. The minimum atomic E-state index is 0.568. The molecule has 0 aromatic carbocycles. The Morgan fingerprint density at radius 3 is 2.75 bits per heavy atom. The van der Waals surface area contributed by atoms with Crippen molar-refractivity contribution in [1.82, 2.24) is 20.3 Å². The predicted molar refractivity (Wildman–Crippen MR) is 108 cm³/mol. The SMILES string of the molecule is Cc1cc(CN2CCN(C(=NCCc3ccco3)NC3CCCC3)CC2)no1. The Morgan fingerprint density at radius 1 is 1.25 bits per heavy atom. The van der Waals surface area contributed by atoms with Gasteiger partial charge in [-0.3, -0.25) is 9.89 Å². The maximum atomic E-state index is 5.44. The molecule has 1 aliphatic heterocycles. The minimum absolute atomic E-state index is 0.568. The van der Waals surface area contributed by atoms with Crippen LogP contribution in [-0.2, 0) is 13.0 Å². The number of nitrogens with zero attached hydrogens (tertiary/aromatic N) is 4. The third kappa shape index (κ3) is 5.16. The van der Waals surface area contributed by atoms with Crippen LogP contribution in [0.5, 0.6) is 0 Å². The standard InChI is InChI=1S/C21H31N5O2/c1-17-15-19(24-28-17)16-25-10-12-26(13-11-25)21(23-18-5-2-3-6-18)22-9-8-20-7-4-14-27-20/h4,7,14-15,18H,2-3,5-6,8-13,16H2,1H3,(H,22,23). The summed E-state index contributed by atoms with van der Waals surface area (Å²) in [6.07, 6.45) is 7.72. The summed E-state index contributed by atoms with van der Waals surface area (Å²) in [5.74, 6) is 2.94. The lowest BCUT2D eigenvalue weighted by atomic mass is 10.2. The molecule has 1 aliphatic carbocycles. The van der Waals surface area contributed by atoms with Crippen LogP contribution >= 0.6 is 0 Å². The molecule has 2 aromatic heterocycles. The molecule has 152 valence electrons. The van der Waals surface area contributed by atoms with Crippen molar-refractivity contribution in [3.63, 3.8) is 0 Å². The molecule has 0 bridgehead atoms. The van der Waals surface area contributed by atoms with Crippen molar-refractivity contribution in [2.75, 3.05) is 32.7 Å². The Kier molecular flexibility index (Phi) is 6.31. The normalized spacial score (nSPS) is 19.5. The van der Waals surface area contributed by atoms with E-state index in [2.05, 4.69) is 20.3 Å². The number of guanidine groups is 1. The van der Waals surface area contributed by atoms with Gasteiger partial charge in [-0.2, -0.15) is 0 Å². The van der Waals surface area contributed by atoms with E-state index in [9.17, 15) is 0 Å². The number of aromatic nitrogens is 1. The van der Waals surface area contributed by atoms with Crippen LogP contribution in [0.15, 0.2) is 38.4 Å². The third-order valence-electron chi connectivity index (χ3n) is 5.62. The summed E-state index contributed by atoms with van der Waals surface area (Å²) in [5, 5.41) is 7.86. The van der Waals surface area contributed by atoms with Crippen molar-refractivity contribution in [1.29, 1.82) is 0 Å². The van der Waals surface area contributed by atoms with Crippen molar-refractivity contribution in [2.45, 2.75) is 51.6 Å². The molecule has 1 saturated carbocycles. The number of piperazine rings is 1. The van der Waals surface area contributed by atoms with Gasteiger partial charge in [-0.25, -0.2) is 0 Å². The van der Waals surface area contributed by atoms with Crippen LogP contribution in [0, 0.1) is 6.92 Å². The quantitative estimate of drug-likeness (QED) is 0.609. The number of aryl methyl sites for hydroxylation is 1. The Morgan fingerprint density at radius 2 is 2.07 bits per heavy atom. The monoisotopic (exact) mass is 385 g/mol. The molecule has 4 rings (SSSR count). The number of hydrogen-bond acceptors (Lipinski definition) is 5. The van der Waals surface area contributed by atoms with Crippen LogP contribution in [0.1, 0.15) is 42.9 Å². The Labute approximate surface area is 166 Å². The Balaban J connectivity index is 1.32. The molecular formula is C21H31N5O2. The highest BCUT2D eigenvalue weighted by molar-refractivity contribution is 5.80. The van der Waals surface area contributed by atoms with E-state index in [-0.39, 0.29) is 0 Å². The summed E-state index contributed by atoms with van der Waals surface area (Å²) in [4.78, 5) is 9.77. The summed E-state index contributed by atoms with van der Waals surface area (Å²) in [5.41, 5.74) is 1.02. The molecule has 28 heavy (non-hydrogen) atoms. The third-order valence-corrected chi connectivity index (χ3v) is 5.62. The van der Waals surface area contributed by atoms with Gasteiger partial charge in [0.15, 0.2) is 5.96 Å². The largest absolute Gasteiger partial charge is 0.469 e. The molecule has 2 fully saturated rings. The zero-order chi connectivity index (χ0) is 19.2. The molecule has 7 nitrogen and oxygen atoms in total. The van der Waals surface area contributed by atoms with Gasteiger partial charge in [0.1, 0.15) is 11.5 Å². The first kappa shape index (κ1) is 19.1. The van der Waals surface area contributed by atoms with Crippen molar-refractivity contribution in [2.24, 2.45) is 4.99 Å². The Hall–Kier alpha value is -2.28. The summed E-state index contributed by atoms with van der Waals surface area (Å²) in [6, 6.07) is 6.55. The lowest BCUT2D eigenvalue weighted by Crippen LogP contribution is -2.53. The van der Waals surface area contributed by atoms with Gasteiger partial charge in [0, 0.05) is 57.8 Å². The van der Waals surface area contributed by atoms with Crippen LogP contribution in [-0.4, -0.2) is 59.7 Å². The van der Waals surface area contributed by atoms with Crippen LogP contribution < -0.4 is 5.32 Å². The van der Waals surface area contributed by atoms with Gasteiger partial charge < -0.3 is 19.2 Å². The highest BCUT2D eigenvalue weighted by atomic mass is 16.5. The van der Waals surface area contributed by atoms with E-state index >= 15 is 0 Å². The smallest absolute Gasteiger partial charge is 0.194 e. The number of rotatable bonds is 6. The molecule has 3 heterocycles. The molecule has 2 aliphatic rings. The molecule has 2 aromatic rings. The average molecular weight is 386 g/mol. The van der Waals surface area contributed by atoms with Crippen LogP contribution in [0.4, 0.5) is 0 Å².